The molecule has 1 amide bonds. The molecule has 0 radical (unpaired) electrons. The minimum atomic E-state index is -0.843. The topological polar surface area (TPSA) is 57.6 Å². The molecule has 146 valence electrons. The van der Waals surface area contributed by atoms with Gasteiger partial charge in [0, 0.05) is 11.3 Å². The number of anilines is 1. The van der Waals surface area contributed by atoms with Crippen molar-refractivity contribution in [2.75, 3.05) is 11.4 Å². The average molecular weight is 377 g/mol. The first-order valence-corrected chi connectivity index (χ1v) is 10.3. The number of hydrogen-bond donors (Lipinski definition) is 1. The SMILES string of the molecule is CC(C(=O)O)c1ccc(N2CC3=CCC=C(C4CCCCC4)C=C3C2=O)cc1. The van der Waals surface area contributed by atoms with Crippen molar-refractivity contribution in [2.45, 2.75) is 51.4 Å². The van der Waals surface area contributed by atoms with Crippen molar-refractivity contribution in [1.82, 2.24) is 0 Å². The molecular weight excluding hydrogens is 350 g/mol. The zero-order valence-electron chi connectivity index (χ0n) is 16.4. The van der Waals surface area contributed by atoms with E-state index in [0.717, 1.165) is 28.8 Å². The van der Waals surface area contributed by atoms with Gasteiger partial charge >= 0.3 is 5.97 Å². The van der Waals surface area contributed by atoms with E-state index in [2.05, 4.69) is 18.2 Å². The van der Waals surface area contributed by atoms with Crippen LogP contribution in [-0.4, -0.2) is 23.5 Å². The van der Waals surface area contributed by atoms with E-state index < -0.39 is 11.9 Å². The molecule has 1 unspecified atom stereocenters. The normalized spacial score (nSPS) is 21.4. The number of rotatable bonds is 4. The third-order valence-corrected chi connectivity index (χ3v) is 6.33. The van der Waals surface area contributed by atoms with E-state index in [0.29, 0.717) is 12.5 Å². The fraction of sp³-hybridized carbons (Fsp3) is 0.417. The maximum atomic E-state index is 13.1. The molecule has 1 saturated heterocycles. The Labute approximate surface area is 166 Å². The molecule has 0 aromatic heterocycles. The van der Waals surface area contributed by atoms with Crippen LogP contribution < -0.4 is 4.90 Å². The van der Waals surface area contributed by atoms with Gasteiger partial charge in [0.05, 0.1) is 12.5 Å². The fourth-order valence-electron chi connectivity index (χ4n) is 4.52. The van der Waals surface area contributed by atoms with Crippen LogP contribution in [0, 0.1) is 5.92 Å². The largest absolute Gasteiger partial charge is 0.481 e. The molecular formula is C24H27NO3. The summed E-state index contributed by atoms with van der Waals surface area (Å²) in [4.78, 5) is 26.1. The van der Waals surface area contributed by atoms with Gasteiger partial charge in [0.1, 0.15) is 0 Å². The summed E-state index contributed by atoms with van der Waals surface area (Å²) in [5.41, 5.74) is 4.84. The van der Waals surface area contributed by atoms with Crippen molar-refractivity contribution >= 4 is 17.6 Å². The second-order valence-electron chi connectivity index (χ2n) is 8.10. The molecule has 0 spiro atoms. The van der Waals surface area contributed by atoms with E-state index >= 15 is 0 Å². The lowest BCUT2D eigenvalue weighted by molar-refractivity contribution is -0.138. The number of carbonyl (C=O) groups excluding carboxylic acids is 1. The molecule has 4 rings (SSSR count). The molecule has 2 aliphatic carbocycles. The van der Waals surface area contributed by atoms with Crippen LogP contribution in [0.4, 0.5) is 5.69 Å². The van der Waals surface area contributed by atoms with Crippen LogP contribution in [0.3, 0.4) is 0 Å². The Bertz CT molecular complexity index is 870. The van der Waals surface area contributed by atoms with Crippen molar-refractivity contribution < 1.29 is 14.7 Å². The number of amides is 1. The highest BCUT2D eigenvalue weighted by atomic mass is 16.4. The summed E-state index contributed by atoms with van der Waals surface area (Å²) < 4.78 is 0. The molecule has 1 aromatic carbocycles. The molecule has 3 aliphatic rings. The highest BCUT2D eigenvalue weighted by Crippen LogP contribution is 2.37. The monoisotopic (exact) mass is 377 g/mol. The molecule has 1 saturated carbocycles. The van der Waals surface area contributed by atoms with Gasteiger partial charge in [0.15, 0.2) is 0 Å². The molecule has 0 bridgehead atoms. The number of carbonyl (C=O) groups is 2. The number of benzene rings is 1. The number of allylic oxidation sites excluding steroid dienone is 4. The summed E-state index contributed by atoms with van der Waals surface area (Å²) in [7, 11) is 0. The molecule has 1 heterocycles. The second-order valence-corrected chi connectivity index (χ2v) is 8.10. The Hall–Kier alpha value is -2.62. The van der Waals surface area contributed by atoms with Gasteiger partial charge in [-0.05, 0) is 67.0 Å². The second kappa shape index (κ2) is 7.78. The fourth-order valence-corrected chi connectivity index (χ4v) is 4.52. The van der Waals surface area contributed by atoms with E-state index in [-0.39, 0.29) is 5.91 Å². The van der Waals surface area contributed by atoms with Gasteiger partial charge in [-0.25, -0.2) is 0 Å². The van der Waals surface area contributed by atoms with Crippen molar-refractivity contribution in [3.05, 3.63) is 64.8 Å². The zero-order chi connectivity index (χ0) is 19.7. The Morgan fingerprint density at radius 3 is 2.50 bits per heavy atom. The van der Waals surface area contributed by atoms with E-state index in [1.807, 2.05) is 24.3 Å². The van der Waals surface area contributed by atoms with Crippen LogP contribution in [0.2, 0.25) is 0 Å². The smallest absolute Gasteiger partial charge is 0.310 e. The van der Waals surface area contributed by atoms with Crippen molar-refractivity contribution in [3.8, 4) is 0 Å². The summed E-state index contributed by atoms with van der Waals surface area (Å²) in [6.07, 6.45) is 13.9. The summed E-state index contributed by atoms with van der Waals surface area (Å²) in [6, 6.07) is 7.34. The lowest BCUT2D eigenvalue weighted by Gasteiger charge is -2.23. The molecule has 28 heavy (non-hydrogen) atoms. The van der Waals surface area contributed by atoms with Gasteiger partial charge in [0.2, 0.25) is 0 Å². The van der Waals surface area contributed by atoms with Crippen LogP contribution >= 0.6 is 0 Å². The highest BCUT2D eigenvalue weighted by molar-refractivity contribution is 6.13. The van der Waals surface area contributed by atoms with Crippen LogP contribution in [0.25, 0.3) is 0 Å². The third-order valence-electron chi connectivity index (χ3n) is 6.33. The number of fused-ring (bicyclic) bond motifs is 1. The predicted molar refractivity (Wildman–Crippen MR) is 110 cm³/mol. The van der Waals surface area contributed by atoms with Gasteiger partial charge in [-0.1, -0.05) is 43.5 Å². The Kier molecular flexibility index (Phi) is 5.21. The van der Waals surface area contributed by atoms with E-state index in [4.69, 9.17) is 0 Å². The first-order chi connectivity index (χ1) is 13.5. The van der Waals surface area contributed by atoms with Crippen molar-refractivity contribution in [2.24, 2.45) is 5.92 Å². The van der Waals surface area contributed by atoms with E-state index in [9.17, 15) is 14.7 Å². The Morgan fingerprint density at radius 1 is 1.11 bits per heavy atom. The first-order valence-electron chi connectivity index (χ1n) is 10.3. The van der Waals surface area contributed by atoms with Gasteiger partial charge in [-0.3, -0.25) is 9.59 Å². The lowest BCUT2D eigenvalue weighted by atomic mass is 9.83. The minimum absolute atomic E-state index is 0.0499. The van der Waals surface area contributed by atoms with Crippen molar-refractivity contribution in [3.63, 3.8) is 0 Å². The maximum Gasteiger partial charge on any atom is 0.310 e. The van der Waals surface area contributed by atoms with Gasteiger partial charge in [-0.15, -0.1) is 0 Å². The summed E-state index contributed by atoms with van der Waals surface area (Å²) >= 11 is 0. The summed E-state index contributed by atoms with van der Waals surface area (Å²) in [6.45, 7) is 2.26. The number of hydrogen-bond acceptors (Lipinski definition) is 2. The molecule has 2 fully saturated rings. The van der Waals surface area contributed by atoms with Crippen molar-refractivity contribution in [1.29, 1.82) is 0 Å². The number of carboxylic acids is 1. The predicted octanol–water partition coefficient (Wildman–Crippen LogP) is 4.98. The molecule has 4 heteroatoms. The molecule has 4 nitrogen and oxygen atoms in total. The minimum Gasteiger partial charge on any atom is -0.481 e. The van der Waals surface area contributed by atoms with E-state index in [1.54, 1.807) is 11.8 Å². The number of carboxylic acid groups (broad SMARTS) is 1. The molecule has 1 aromatic rings. The zero-order valence-corrected chi connectivity index (χ0v) is 16.4. The Morgan fingerprint density at radius 2 is 1.82 bits per heavy atom. The molecule has 1 atom stereocenters. The molecule has 1 N–H and O–H groups in total. The number of aliphatic carboxylic acids is 1. The third kappa shape index (κ3) is 3.56. The van der Waals surface area contributed by atoms with E-state index in [1.165, 1.54) is 37.7 Å². The van der Waals surface area contributed by atoms with Gasteiger partial charge in [0.25, 0.3) is 5.91 Å². The maximum absolute atomic E-state index is 13.1. The van der Waals surface area contributed by atoms with Gasteiger partial charge < -0.3 is 10.0 Å². The number of nitrogens with zero attached hydrogens (tertiary/aromatic N) is 1. The Balaban J connectivity index is 1.56. The average Bonchev–Trinajstić information content (AvgIpc) is 2.90. The standard InChI is InChI=1S/C24H27NO3/c1-16(24(27)28)17-10-12-21(13-11-17)25-15-20-9-5-8-19(14-22(20)23(25)26)18-6-3-2-4-7-18/h8-14,16,18H,2-7,15H2,1H3,(H,27,28). The quantitative estimate of drug-likeness (QED) is 0.805. The molecule has 1 aliphatic heterocycles. The summed E-state index contributed by atoms with van der Waals surface area (Å²) in [5, 5.41) is 9.17. The first kappa shape index (κ1) is 18.7. The highest BCUT2D eigenvalue weighted by Gasteiger charge is 2.33. The van der Waals surface area contributed by atoms with Gasteiger partial charge in [-0.2, -0.15) is 0 Å². The van der Waals surface area contributed by atoms with Crippen LogP contribution in [0.5, 0.6) is 0 Å². The van der Waals surface area contributed by atoms with Crippen LogP contribution in [0.1, 0.15) is 56.9 Å². The lowest BCUT2D eigenvalue weighted by Crippen LogP contribution is -2.24. The summed E-state index contributed by atoms with van der Waals surface area (Å²) in [5.74, 6) is -0.755. The van der Waals surface area contributed by atoms with Crippen LogP contribution in [-0.2, 0) is 9.59 Å². The van der Waals surface area contributed by atoms with Crippen LogP contribution in [0.15, 0.2) is 59.2 Å².